The van der Waals surface area contributed by atoms with Crippen LogP contribution in [-0.2, 0) is 13.0 Å². The molecule has 0 bridgehead atoms. The van der Waals surface area contributed by atoms with Crippen molar-refractivity contribution in [3.05, 3.63) is 28.8 Å². The van der Waals surface area contributed by atoms with Crippen LogP contribution in [0.3, 0.4) is 0 Å². The number of benzene rings is 1. The zero-order chi connectivity index (χ0) is 9.14. The summed E-state index contributed by atoms with van der Waals surface area (Å²) in [6.07, 6.45) is 0.792. The zero-order valence-electron chi connectivity index (χ0n) is 7.46. The molecular formula is C10H14O2. The number of rotatable bonds is 2. The summed E-state index contributed by atoms with van der Waals surface area (Å²) in [7, 11) is 0. The van der Waals surface area contributed by atoms with E-state index < -0.39 is 0 Å². The quantitative estimate of drug-likeness (QED) is 0.702. The van der Waals surface area contributed by atoms with E-state index in [0.29, 0.717) is 5.56 Å². The molecule has 0 saturated carbocycles. The number of aliphatic hydroxyl groups excluding tert-OH is 1. The molecule has 0 fully saturated rings. The first kappa shape index (κ1) is 9.07. The number of hydrogen-bond acceptors (Lipinski definition) is 2. The van der Waals surface area contributed by atoms with Gasteiger partial charge in [0.25, 0.3) is 0 Å². The molecule has 1 aromatic carbocycles. The van der Waals surface area contributed by atoms with Gasteiger partial charge in [0.2, 0.25) is 0 Å². The van der Waals surface area contributed by atoms with Crippen LogP contribution in [0.25, 0.3) is 0 Å². The van der Waals surface area contributed by atoms with Gasteiger partial charge in [-0.2, -0.15) is 0 Å². The largest absolute Gasteiger partial charge is 0.507 e. The van der Waals surface area contributed by atoms with Gasteiger partial charge in [0.05, 0.1) is 6.61 Å². The van der Waals surface area contributed by atoms with Crippen LogP contribution in [0.5, 0.6) is 5.75 Å². The third kappa shape index (κ3) is 1.59. The Morgan fingerprint density at radius 2 is 1.83 bits per heavy atom. The minimum Gasteiger partial charge on any atom is -0.507 e. The highest BCUT2D eigenvalue weighted by molar-refractivity contribution is 5.43. The van der Waals surface area contributed by atoms with Gasteiger partial charge in [0.1, 0.15) is 5.75 Å². The number of aromatic hydroxyl groups is 1. The molecule has 0 atom stereocenters. The SMILES string of the molecule is CCc1cc(C)cc(CO)c1O. The summed E-state index contributed by atoms with van der Waals surface area (Å²) in [5, 5.41) is 18.5. The molecule has 66 valence electrons. The third-order valence-corrected chi connectivity index (χ3v) is 1.96. The summed E-state index contributed by atoms with van der Waals surface area (Å²) in [6, 6.07) is 3.74. The summed E-state index contributed by atoms with van der Waals surface area (Å²) >= 11 is 0. The molecule has 0 saturated heterocycles. The maximum atomic E-state index is 9.55. The number of aliphatic hydroxyl groups is 1. The second-order valence-corrected chi connectivity index (χ2v) is 2.94. The summed E-state index contributed by atoms with van der Waals surface area (Å²) in [6.45, 7) is 3.84. The fraction of sp³-hybridized carbons (Fsp3) is 0.400. The molecule has 0 aliphatic rings. The van der Waals surface area contributed by atoms with Gasteiger partial charge in [0.15, 0.2) is 0 Å². The fourth-order valence-electron chi connectivity index (χ4n) is 1.32. The lowest BCUT2D eigenvalue weighted by Gasteiger charge is -2.07. The lowest BCUT2D eigenvalue weighted by atomic mass is 10.0. The van der Waals surface area contributed by atoms with Gasteiger partial charge >= 0.3 is 0 Å². The maximum absolute atomic E-state index is 9.55. The Balaban J connectivity index is 3.22. The lowest BCUT2D eigenvalue weighted by Crippen LogP contribution is -1.91. The fourth-order valence-corrected chi connectivity index (χ4v) is 1.32. The Morgan fingerprint density at radius 1 is 1.25 bits per heavy atom. The number of phenols is 1. The second-order valence-electron chi connectivity index (χ2n) is 2.94. The minimum absolute atomic E-state index is 0.0967. The first-order chi connectivity index (χ1) is 5.69. The Bertz CT molecular complexity index is 254. The molecule has 0 aliphatic carbocycles. The van der Waals surface area contributed by atoms with Gasteiger partial charge in [-0.25, -0.2) is 0 Å². The average Bonchev–Trinajstić information content (AvgIpc) is 2.08. The summed E-state index contributed by atoms with van der Waals surface area (Å²) in [4.78, 5) is 0. The van der Waals surface area contributed by atoms with Crippen molar-refractivity contribution in [3.8, 4) is 5.75 Å². The molecule has 2 heteroatoms. The number of hydrogen-bond donors (Lipinski definition) is 2. The molecule has 0 amide bonds. The maximum Gasteiger partial charge on any atom is 0.124 e. The molecule has 2 N–H and O–H groups in total. The first-order valence-corrected chi connectivity index (χ1v) is 4.11. The molecule has 0 aliphatic heterocycles. The molecule has 0 heterocycles. The van der Waals surface area contributed by atoms with E-state index >= 15 is 0 Å². The highest BCUT2D eigenvalue weighted by Crippen LogP contribution is 2.24. The van der Waals surface area contributed by atoms with Gasteiger partial charge in [-0.1, -0.05) is 24.6 Å². The van der Waals surface area contributed by atoms with Crippen LogP contribution in [-0.4, -0.2) is 10.2 Å². The molecule has 0 unspecified atom stereocenters. The Kier molecular flexibility index (Phi) is 2.71. The Labute approximate surface area is 72.5 Å². The normalized spacial score (nSPS) is 10.2. The van der Waals surface area contributed by atoms with Crippen LogP contribution >= 0.6 is 0 Å². The molecule has 0 spiro atoms. The van der Waals surface area contributed by atoms with Crippen molar-refractivity contribution in [1.82, 2.24) is 0 Å². The molecule has 2 nitrogen and oxygen atoms in total. The summed E-state index contributed by atoms with van der Waals surface area (Å²) < 4.78 is 0. The van der Waals surface area contributed by atoms with Crippen LogP contribution < -0.4 is 0 Å². The van der Waals surface area contributed by atoms with Crippen molar-refractivity contribution >= 4 is 0 Å². The van der Waals surface area contributed by atoms with Crippen molar-refractivity contribution in [2.75, 3.05) is 0 Å². The van der Waals surface area contributed by atoms with Crippen LogP contribution in [0.4, 0.5) is 0 Å². The molecular weight excluding hydrogens is 152 g/mol. The lowest BCUT2D eigenvalue weighted by molar-refractivity contribution is 0.275. The molecule has 12 heavy (non-hydrogen) atoms. The van der Waals surface area contributed by atoms with E-state index in [1.54, 1.807) is 6.07 Å². The monoisotopic (exact) mass is 166 g/mol. The van der Waals surface area contributed by atoms with E-state index in [-0.39, 0.29) is 12.4 Å². The number of aryl methyl sites for hydroxylation is 2. The van der Waals surface area contributed by atoms with E-state index in [9.17, 15) is 5.11 Å². The van der Waals surface area contributed by atoms with Crippen molar-refractivity contribution in [1.29, 1.82) is 0 Å². The predicted molar refractivity (Wildman–Crippen MR) is 48.1 cm³/mol. The van der Waals surface area contributed by atoms with E-state index in [4.69, 9.17) is 5.11 Å². The van der Waals surface area contributed by atoms with E-state index in [1.165, 1.54) is 0 Å². The molecule has 1 rings (SSSR count). The van der Waals surface area contributed by atoms with Crippen LogP contribution in [0.1, 0.15) is 23.6 Å². The van der Waals surface area contributed by atoms with Gasteiger partial charge < -0.3 is 10.2 Å². The third-order valence-electron chi connectivity index (χ3n) is 1.96. The molecule has 1 aromatic rings. The topological polar surface area (TPSA) is 40.5 Å². The van der Waals surface area contributed by atoms with Gasteiger partial charge in [-0.15, -0.1) is 0 Å². The average molecular weight is 166 g/mol. The van der Waals surface area contributed by atoms with E-state index in [1.807, 2.05) is 19.9 Å². The smallest absolute Gasteiger partial charge is 0.124 e. The standard InChI is InChI=1S/C10H14O2/c1-3-8-4-7(2)5-9(6-11)10(8)12/h4-5,11-12H,3,6H2,1-2H3. The highest BCUT2D eigenvalue weighted by atomic mass is 16.3. The minimum atomic E-state index is -0.0967. The van der Waals surface area contributed by atoms with Crippen molar-refractivity contribution in [2.45, 2.75) is 26.9 Å². The van der Waals surface area contributed by atoms with Crippen molar-refractivity contribution in [2.24, 2.45) is 0 Å². The van der Waals surface area contributed by atoms with Crippen LogP contribution in [0.15, 0.2) is 12.1 Å². The predicted octanol–water partition coefficient (Wildman–Crippen LogP) is 1.76. The van der Waals surface area contributed by atoms with E-state index in [2.05, 4.69) is 0 Å². The molecule has 0 radical (unpaired) electrons. The highest BCUT2D eigenvalue weighted by Gasteiger charge is 2.05. The van der Waals surface area contributed by atoms with Gasteiger partial charge in [-0.3, -0.25) is 0 Å². The summed E-state index contributed by atoms with van der Waals surface area (Å²) in [5.74, 6) is 0.241. The van der Waals surface area contributed by atoms with Crippen molar-refractivity contribution < 1.29 is 10.2 Å². The van der Waals surface area contributed by atoms with E-state index in [0.717, 1.165) is 17.5 Å². The Hall–Kier alpha value is -1.02. The first-order valence-electron chi connectivity index (χ1n) is 4.11. The van der Waals surface area contributed by atoms with Gasteiger partial charge in [-0.05, 0) is 18.9 Å². The van der Waals surface area contributed by atoms with Crippen LogP contribution in [0.2, 0.25) is 0 Å². The van der Waals surface area contributed by atoms with Gasteiger partial charge in [0, 0.05) is 5.56 Å². The van der Waals surface area contributed by atoms with Crippen LogP contribution in [0, 0.1) is 6.92 Å². The second kappa shape index (κ2) is 3.59. The Morgan fingerprint density at radius 3 is 2.33 bits per heavy atom. The zero-order valence-corrected chi connectivity index (χ0v) is 7.46. The molecule has 0 aromatic heterocycles. The van der Waals surface area contributed by atoms with Crippen molar-refractivity contribution in [3.63, 3.8) is 0 Å². The summed E-state index contributed by atoms with van der Waals surface area (Å²) in [5.41, 5.74) is 2.60.